The number of aromatic nitrogens is 2. The maximum absolute atomic E-state index is 5.21. The molecule has 0 saturated heterocycles. The van der Waals surface area contributed by atoms with Crippen LogP contribution in [-0.2, 0) is 0 Å². The lowest BCUT2D eigenvalue weighted by Crippen LogP contribution is -1.73. The molecular weight excluding hydrogens is 224 g/mol. The molecule has 0 fully saturated rings. The molecule has 2 aromatic carbocycles. The summed E-state index contributed by atoms with van der Waals surface area (Å²) in [7, 11) is 0. The van der Waals surface area contributed by atoms with Gasteiger partial charge in [-0.15, -0.1) is 0 Å². The summed E-state index contributed by atoms with van der Waals surface area (Å²) in [6.45, 7) is 0. The molecule has 0 aliphatic heterocycles. The van der Waals surface area contributed by atoms with Gasteiger partial charge in [0.25, 0.3) is 0 Å². The molecule has 0 aliphatic carbocycles. The van der Waals surface area contributed by atoms with Crippen molar-refractivity contribution in [1.29, 1.82) is 0 Å². The fraction of sp³-hybridized carbons (Fsp3) is 0. The van der Waals surface area contributed by atoms with Gasteiger partial charge in [-0.25, -0.2) is 4.98 Å². The molecule has 88 valence electrons. The van der Waals surface area contributed by atoms with Crippen LogP contribution in [0.2, 0.25) is 0 Å². The molecular formula is C15H12N2O. The minimum absolute atomic E-state index is 0.846. The van der Waals surface area contributed by atoms with Crippen molar-refractivity contribution in [2.75, 3.05) is 0 Å². The third-order valence-electron chi connectivity index (χ3n) is 2.72. The Morgan fingerprint density at radius 2 is 1.72 bits per heavy atom. The third kappa shape index (κ3) is 1.98. The normalized spacial score (nSPS) is 10.2. The molecule has 0 unspecified atom stereocenters. The van der Waals surface area contributed by atoms with Crippen LogP contribution in [-0.4, -0.2) is 9.97 Å². The summed E-state index contributed by atoms with van der Waals surface area (Å²) in [5.74, 6) is 0. The molecule has 2 heterocycles. The van der Waals surface area contributed by atoms with E-state index in [9.17, 15) is 0 Å². The van der Waals surface area contributed by atoms with Crippen LogP contribution in [0.1, 0.15) is 0 Å². The molecule has 2 aromatic heterocycles. The van der Waals surface area contributed by atoms with Crippen LogP contribution >= 0.6 is 0 Å². The maximum Gasteiger partial charge on any atom is 0.182 e. The topological polar surface area (TPSA) is 41.8 Å². The second-order valence-electron chi connectivity index (χ2n) is 3.87. The van der Waals surface area contributed by atoms with Gasteiger partial charge in [0.15, 0.2) is 12.0 Å². The number of fused-ring (bicyclic) bond motifs is 3. The average Bonchev–Trinajstić information content (AvgIpc) is 3.12. The van der Waals surface area contributed by atoms with Gasteiger partial charge >= 0.3 is 0 Å². The van der Waals surface area contributed by atoms with Crippen LogP contribution in [0.4, 0.5) is 0 Å². The highest BCUT2D eigenvalue weighted by Crippen LogP contribution is 2.23. The molecule has 1 N–H and O–H groups in total. The Morgan fingerprint density at radius 3 is 2.50 bits per heavy atom. The quantitative estimate of drug-likeness (QED) is 0.501. The SMILES string of the molecule is c1cc[nH]c1.c1ccc2c(c1)ccc1ocnc12. The number of nitrogens with zero attached hydrogens (tertiary/aromatic N) is 1. The van der Waals surface area contributed by atoms with E-state index < -0.39 is 0 Å². The minimum Gasteiger partial charge on any atom is -0.443 e. The fourth-order valence-corrected chi connectivity index (χ4v) is 1.88. The van der Waals surface area contributed by atoms with Crippen LogP contribution in [0.25, 0.3) is 21.9 Å². The van der Waals surface area contributed by atoms with Gasteiger partial charge in [0.1, 0.15) is 5.52 Å². The Balaban J connectivity index is 0.000000169. The maximum atomic E-state index is 5.21. The summed E-state index contributed by atoms with van der Waals surface area (Å²) in [4.78, 5) is 7.04. The lowest BCUT2D eigenvalue weighted by atomic mass is 10.1. The zero-order valence-corrected chi connectivity index (χ0v) is 9.71. The molecule has 0 aliphatic rings. The van der Waals surface area contributed by atoms with Crippen LogP contribution in [0.15, 0.2) is 71.7 Å². The smallest absolute Gasteiger partial charge is 0.182 e. The number of hydrogen-bond donors (Lipinski definition) is 1. The molecule has 3 nitrogen and oxygen atoms in total. The van der Waals surface area contributed by atoms with Gasteiger partial charge in [-0.1, -0.05) is 30.3 Å². The van der Waals surface area contributed by atoms with Gasteiger partial charge in [-0.3, -0.25) is 0 Å². The van der Waals surface area contributed by atoms with Crippen LogP contribution in [0, 0.1) is 0 Å². The molecule has 0 spiro atoms. The van der Waals surface area contributed by atoms with Gasteiger partial charge in [-0.05, 0) is 23.6 Å². The number of H-pyrrole nitrogens is 1. The van der Waals surface area contributed by atoms with Crippen molar-refractivity contribution in [1.82, 2.24) is 9.97 Å². The minimum atomic E-state index is 0.846. The molecule has 3 heteroatoms. The van der Waals surface area contributed by atoms with Crippen molar-refractivity contribution < 1.29 is 4.42 Å². The molecule has 18 heavy (non-hydrogen) atoms. The van der Waals surface area contributed by atoms with E-state index in [0.29, 0.717) is 0 Å². The predicted molar refractivity (Wildman–Crippen MR) is 72.3 cm³/mol. The number of rotatable bonds is 0. The second-order valence-corrected chi connectivity index (χ2v) is 3.87. The first-order valence-corrected chi connectivity index (χ1v) is 5.74. The summed E-state index contributed by atoms with van der Waals surface area (Å²) in [6.07, 6.45) is 5.23. The number of hydrogen-bond acceptors (Lipinski definition) is 2. The Labute approximate surface area is 104 Å². The van der Waals surface area contributed by atoms with Gasteiger partial charge in [0.05, 0.1) is 0 Å². The van der Waals surface area contributed by atoms with E-state index in [0.717, 1.165) is 16.5 Å². The van der Waals surface area contributed by atoms with Crippen LogP contribution in [0.5, 0.6) is 0 Å². The molecule has 4 aromatic rings. The first-order valence-electron chi connectivity index (χ1n) is 5.74. The van der Waals surface area contributed by atoms with E-state index in [1.165, 1.54) is 11.8 Å². The molecule has 0 saturated carbocycles. The van der Waals surface area contributed by atoms with Crippen molar-refractivity contribution in [2.24, 2.45) is 0 Å². The van der Waals surface area contributed by atoms with E-state index >= 15 is 0 Å². The summed E-state index contributed by atoms with van der Waals surface area (Å²) >= 11 is 0. The van der Waals surface area contributed by atoms with Crippen molar-refractivity contribution in [3.63, 3.8) is 0 Å². The largest absolute Gasteiger partial charge is 0.443 e. The van der Waals surface area contributed by atoms with E-state index in [1.807, 2.05) is 48.8 Å². The highest BCUT2D eigenvalue weighted by molar-refractivity contribution is 6.03. The predicted octanol–water partition coefficient (Wildman–Crippen LogP) is 4.00. The lowest BCUT2D eigenvalue weighted by Gasteiger charge is -1.95. The van der Waals surface area contributed by atoms with Crippen molar-refractivity contribution in [3.05, 3.63) is 67.3 Å². The fourth-order valence-electron chi connectivity index (χ4n) is 1.88. The Bertz CT molecular complexity index is 724. The van der Waals surface area contributed by atoms with Crippen molar-refractivity contribution >= 4 is 21.9 Å². The zero-order valence-electron chi connectivity index (χ0n) is 9.71. The summed E-state index contributed by atoms with van der Waals surface area (Å²) in [5.41, 5.74) is 1.79. The Morgan fingerprint density at radius 1 is 0.889 bits per heavy atom. The molecule has 0 atom stereocenters. The van der Waals surface area contributed by atoms with Crippen molar-refractivity contribution in [2.45, 2.75) is 0 Å². The number of oxazole rings is 1. The average molecular weight is 236 g/mol. The zero-order chi connectivity index (χ0) is 12.2. The highest BCUT2D eigenvalue weighted by atomic mass is 16.3. The van der Waals surface area contributed by atoms with Crippen LogP contribution < -0.4 is 0 Å². The lowest BCUT2D eigenvalue weighted by molar-refractivity contribution is 0.602. The van der Waals surface area contributed by atoms with E-state index in [2.05, 4.69) is 22.1 Å². The standard InChI is InChI=1S/C11H7NO.C4H5N/c1-2-4-9-8(3-1)5-6-10-11(9)12-7-13-10;1-2-4-5-3-1/h1-7H;1-5H. The van der Waals surface area contributed by atoms with E-state index in [1.54, 1.807) is 0 Å². The van der Waals surface area contributed by atoms with Gasteiger partial charge in [0, 0.05) is 17.8 Å². The summed E-state index contributed by atoms with van der Waals surface area (Å²) in [5, 5.41) is 2.35. The number of nitrogens with one attached hydrogen (secondary N) is 1. The first-order chi connectivity index (χ1) is 8.95. The molecule has 0 amide bonds. The van der Waals surface area contributed by atoms with Gasteiger partial charge in [0.2, 0.25) is 0 Å². The van der Waals surface area contributed by atoms with Gasteiger partial charge in [-0.2, -0.15) is 0 Å². The number of aromatic amines is 1. The molecule has 0 bridgehead atoms. The van der Waals surface area contributed by atoms with E-state index in [-0.39, 0.29) is 0 Å². The van der Waals surface area contributed by atoms with Crippen LogP contribution in [0.3, 0.4) is 0 Å². The van der Waals surface area contributed by atoms with Crippen molar-refractivity contribution in [3.8, 4) is 0 Å². The second kappa shape index (κ2) is 4.75. The summed E-state index contributed by atoms with van der Waals surface area (Å²) in [6, 6.07) is 16.0. The Kier molecular flexibility index (Phi) is 2.80. The first kappa shape index (κ1) is 10.6. The number of benzene rings is 2. The third-order valence-corrected chi connectivity index (χ3v) is 2.72. The molecule has 0 radical (unpaired) electrons. The monoisotopic (exact) mass is 236 g/mol. The van der Waals surface area contributed by atoms with Gasteiger partial charge < -0.3 is 9.40 Å². The Hall–Kier alpha value is -2.55. The highest BCUT2D eigenvalue weighted by Gasteiger charge is 2.01. The summed E-state index contributed by atoms with van der Waals surface area (Å²) < 4.78 is 5.21. The van der Waals surface area contributed by atoms with E-state index in [4.69, 9.17) is 4.42 Å². The molecule has 4 rings (SSSR count).